The van der Waals surface area contributed by atoms with Gasteiger partial charge in [0.25, 0.3) is 10.0 Å². The van der Waals surface area contributed by atoms with Crippen LogP contribution in [0.5, 0.6) is 11.5 Å². The van der Waals surface area contributed by atoms with Gasteiger partial charge < -0.3 is 15.5 Å². The minimum atomic E-state index is -3.87. The van der Waals surface area contributed by atoms with Gasteiger partial charge >= 0.3 is 0 Å². The van der Waals surface area contributed by atoms with Crippen molar-refractivity contribution in [2.45, 2.75) is 11.4 Å². The van der Waals surface area contributed by atoms with Crippen LogP contribution in [0.1, 0.15) is 5.56 Å². The van der Waals surface area contributed by atoms with Crippen molar-refractivity contribution in [1.29, 1.82) is 0 Å². The highest BCUT2D eigenvalue weighted by Gasteiger charge is 2.16. The lowest BCUT2D eigenvalue weighted by molar-refractivity contribution is 0.473. The van der Waals surface area contributed by atoms with Gasteiger partial charge in [-0.15, -0.1) is 0 Å². The molecule has 182 valence electrons. The Morgan fingerprint density at radius 3 is 2.56 bits per heavy atom. The number of fused-ring (bicyclic) bond motifs is 1. The van der Waals surface area contributed by atoms with Gasteiger partial charge in [-0.2, -0.15) is 9.61 Å². The first-order chi connectivity index (χ1) is 17.3. The van der Waals surface area contributed by atoms with Crippen LogP contribution in [0.3, 0.4) is 0 Å². The summed E-state index contributed by atoms with van der Waals surface area (Å²) in [6.07, 6.45) is 1.64. The molecule has 0 unspecified atom stereocenters. The standard InChI is InChI=1S/C25H20BrN5O4S/c26-21-15-28-31-24(13-22(29-25(21)31)20-9-1-2-10-23(20)33)27-14-16-5-3-6-17(11-16)30-36(34,35)19-8-4-7-18(32)12-19/h1-13,15,27,30,32-33H,14H2. The van der Waals surface area contributed by atoms with Crippen LogP contribution in [-0.2, 0) is 16.6 Å². The zero-order chi connectivity index (χ0) is 25.3. The van der Waals surface area contributed by atoms with Gasteiger partial charge in [-0.25, -0.2) is 13.4 Å². The SMILES string of the molecule is O=S(=O)(Nc1cccc(CNc2cc(-c3ccccc3O)nc3c(Br)cnn23)c1)c1cccc(O)c1. The molecule has 0 aliphatic rings. The number of hydrogen-bond donors (Lipinski definition) is 4. The molecule has 0 radical (unpaired) electrons. The smallest absolute Gasteiger partial charge is 0.262 e. The molecule has 0 aliphatic carbocycles. The summed E-state index contributed by atoms with van der Waals surface area (Å²) in [4.78, 5) is 4.59. The van der Waals surface area contributed by atoms with Gasteiger partial charge in [-0.3, -0.25) is 4.72 Å². The molecule has 0 atom stereocenters. The van der Waals surface area contributed by atoms with Gasteiger partial charge in [0.15, 0.2) is 5.65 Å². The topological polar surface area (TPSA) is 129 Å². The van der Waals surface area contributed by atoms with Crippen LogP contribution in [0.25, 0.3) is 16.9 Å². The summed E-state index contributed by atoms with van der Waals surface area (Å²) in [5.74, 6) is 0.616. The Morgan fingerprint density at radius 1 is 0.944 bits per heavy atom. The second-order valence-electron chi connectivity index (χ2n) is 7.93. The molecule has 3 aromatic carbocycles. The molecule has 0 saturated carbocycles. The number of aromatic hydroxyl groups is 2. The average molecular weight is 566 g/mol. The van der Waals surface area contributed by atoms with E-state index in [0.717, 1.165) is 5.56 Å². The monoisotopic (exact) mass is 565 g/mol. The van der Waals surface area contributed by atoms with Crippen molar-refractivity contribution in [2.24, 2.45) is 0 Å². The summed E-state index contributed by atoms with van der Waals surface area (Å²) in [6, 6.07) is 21.2. The Bertz CT molecular complexity index is 1690. The van der Waals surface area contributed by atoms with E-state index >= 15 is 0 Å². The lowest BCUT2D eigenvalue weighted by atomic mass is 10.1. The minimum Gasteiger partial charge on any atom is -0.508 e. The molecule has 0 fully saturated rings. The van der Waals surface area contributed by atoms with Gasteiger partial charge in [-0.1, -0.05) is 30.3 Å². The number of phenolic OH excluding ortho intramolecular Hbond substituents is 2. The fourth-order valence-electron chi connectivity index (χ4n) is 3.69. The summed E-state index contributed by atoms with van der Waals surface area (Å²) in [5.41, 5.74) is 2.92. The number of hydrogen-bond acceptors (Lipinski definition) is 7. The third-order valence-electron chi connectivity index (χ3n) is 5.39. The molecule has 11 heteroatoms. The van der Waals surface area contributed by atoms with Gasteiger partial charge in [0, 0.05) is 29.9 Å². The third-order valence-corrected chi connectivity index (χ3v) is 7.33. The van der Waals surface area contributed by atoms with Crippen LogP contribution in [0.2, 0.25) is 0 Å². The number of sulfonamides is 1. The lowest BCUT2D eigenvalue weighted by Crippen LogP contribution is -2.13. The van der Waals surface area contributed by atoms with Crippen molar-refractivity contribution in [3.05, 3.63) is 95.1 Å². The summed E-state index contributed by atoms with van der Waals surface area (Å²) in [6.45, 7) is 0.360. The van der Waals surface area contributed by atoms with E-state index < -0.39 is 10.0 Å². The van der Waals surface area contributed by atoms with Crippen molar-refractivity contribution >= 4 is 43.1 Å². The summed E-state index contributed by atoms with van der Waals surface area (Å²) in [7, 11) is -3.87. The molecule has 0 amide bonds. The van der Waals surface area contributed by atoms with E-state index in [1.54, 1.807) is 53.2 Å². The van der Waals surface area contributed by atoms with Crippen LogP contribution in [-0.4, -0.2) is 33.2 Å². The predicted molar refractivity (Wildman–Crippen MR) is 140 cm³/mol. The largest absolute Gasteiger partial charge is 0.508 e. The molecule has 4 N–H and O–H groups in total. The molecule has 2 aromatic heterocycles. The first-order valence-corrected chi connectivity index (χ1v) is 13.0. The molecule has 5 rings (SSSR count). The van der Waals surface area contributed by atoms with Crippen molar-refractivity contribution in [3.63, 3.8) is 0 Å². The van der Waals surface area contributed by atoms with E-state index in [1.807, 2.05) is 12.1 Å². The third kappa shape index (κ3) is 4.83. The number of nitrogens with one attached hydrogen (secondary N) is 2. The highest BCUT2D eigenvalue weighted by molar-refractivity contribution is 9.10. The maximum atomic E-state index is 12.7. The number of phenols is 2. The second kappa shape index (κ2) is 9.51. The number of para-hydroxylation sites is 1. The van der Waals surface area contributed by atoms with Gasteiger partial charge in [0.1, 0.15) is 17.3 Å². The first kappa shape index (κ1) is 23.6. The van der Waals surface area contributed by atoms with Crippen molar-refractivity contribution in [3.8, 4) is 22.8 Å². The Kier molecular flexibility index (Phi) is 6.25. The number of rotatable bonds is 7. The number of benzene rings is 3. The second-order valence-corrected chi connectivity index (χ2v) is 10.5. The van der Waals surface area contributed by atoms with Crippen LogP contribution >= 0.6 is 15.9 Å². The zero-order valence-electron chi connectivity index (χ0n) is 18.6. The van der Waals surface area contributed by atoms with Crippen LogP contribution in [0.15, 0.2) is 94.4 Å². The summed E-state index contributed by atoms with van der Waals surface area (Å²) in [5, 5.41) is 27.6. The van der Waals surface area contributed by atoms with E-state index in [0.29, 0.717) is 39.4 Å². The maximum Gasteiger partial charge on any atom is 0.262 e. The molecular formula is C25H20BrN5O4S. The number of aromatic nitrogens is 3. The van der Waals surface area contributed by atoms with E-state index in [2.05, 4.69) is 36.1 Å². The molecule has 0 aliphatic heterocycles. The van der Waals surface area contributed by atoms with Gasteiger partial charge in [0.2, 0.25) is 0 Å². The lowest BCUT2D eigenvalue weighted by Gasteiger charge is -2.13. The summed E-state index contributed by atoms with van der Waals surface area (Å²) < 4.78 is 30.3. The Hall–Kier alpha value is -4.09. The Balaban J connectivity index is 1.41. The first-order valence-electron chi connectivity index (χ1n) is 10.8. The molecule has 5 aromatic rings. The van der Waals surface area contributed by atoms with E-state index in [4.69, 9.17) is 0 Å². The van der Waals surface area contributed by atoms with Crippen molar-refractivity contribution in [2.75, 3.05) is 10.0 Å². The van der Waals surface area contributed by atoms with E-state index in [9.17, 15) is 18.6 Å². The molecule has 2 heterocycles. The molecule has 0 bridgehead atoms. The molecular weight excluding hydrogens is 546 g/mol. The maximum absolute atomic E-state index is 12.7. The highest BCUT2D eigenvalue weighted by atomic mass is 79.9. The highest BCUT2D eigenvalue weighted by Crippen LogP contribution is 2.31. The molecule has 36 heavy (non-hydrogen) atoms. The predicted octanol–water partition coefficient (Wildman–Crippen LogP) is 4.98. The summed E-state index contributed by atoms with van der Waals surface area (Å²) >= 11 is 3.47. The minimum absolute atomic E-state index is 0.0360. The number of nitrogens with zero attached hydrogens (tertiary/aromatic N) is 3. The van der Waals surface area contributed by atoms with E-state index in [1.165, 1.54) is 24.3 Å². The van der Waals surface area contributed by atoms with Crippen LogP contribution < -0.4 is 10.0 Å². The quantitative estimate of drug-likeness (QED) is 0.219. The zero-order valence-corrected chi connectivity index (χ0v) is 21.0. The molecule has 0 spiro atoms. The van der Waals surface area contributed by atoms with Crippen LogP contribution in [0.4, 0.5) is 11.5 Å². The average Bonchev–Trinajstić information content (AvgIpc) is 3.23. The number of halogens is 1. The fourth-order valence-corrected chi connectivity index (χ4v) is 5.13. The fraction of sp³-hybridized carbons (Fsp3) is 0.0400. The van der Waals surface area contributed by atoms with Crippen molar-refractivity contribution in [1.82, 2.24) is 14.6 Å². The molecule has 9 nitrogen and oxygen atoms in total. The molecule has 0 saturated heterocycles. The van der Waals surface area contributed by atoms with Crippen LogP contribution in [0, 0.1) is 0 Å². The Morgan fingerprint density at radius 2 is 1.75 bits per heavy atom. The normalized spacial score (nSPS) is 11.5. The van der Waals surface area contributed by atoms with Gasteiger partial charge in [0.05, 0.1) is 21.3 Å². The number of anilines is 2. The van der Waals surface area contributed by atoms with E-state index in [-0.39, 0.29) is 16.4 Å². The van der Waals surface area contributed by atoms with Gasteiger partial charge in [-0.05, 0) is 57.9 Å². The Labute approximate surface area is 215 Å². The van der Waals surface area contributed by atoms with Crippen molar-refractivity contribution < 1.29 is 18.6 Å².